The van der Waals surface area contributed by atoms with Gasteiger partial charge in [-0.1, -0.05) is 68.5 Å². The van der Waals surface area contributed by atoms with Gasteiger partial charge in [0.2, 0.25) is 17.7 Å². The number of aliphatic hydroxyl groups is 1. The topological polar surface area (TPSA) is 117 Å². The maximum atomic E-state index is 14.7. The highest BCUT2D eigenvalue weighted by Crippen LogP contribution is 2.56. The van der Waals surface area contributed by atoms with Crippen LogP contribution in [0.2, 0.25) is 0 Å². The lowest BCUT2D eigenvalue weighted by molar-refractivity contribution is -0.164. The van der Waals surface area contributed by atoms with Crippen molar-refractivity contribution in [1.82, 2.24) is 14.7 Å². The number of hydrogen-bond donors (Lipinski definition) is 1. The van der Waals surface area contributed by atoms with Crippen LogP contribution in [-0.4, -0.2) is 99.1 Å². The summed E-state index contributed by atoms with van der Waals surface area (Å²) < 4.78 is 12.8. The maximum absolute atomic E-state index is 14.7. The summed E-state index contributed by atoms with van der Waals surface area (Å²) in [7, 11) is 1.71. The number of carbonyl (C=O) groups is 4. The molecule has 45 heavy (non-hydrogen) atoms. The minimum absolute atomic E-state index is 0.101. The van der Waals surface area contributed by atoms with Crippen LogP contribution in [0.4, 0.5) is 0 Å². The van der Waals surface area contributed by atoms with Crippen molar-refractivity contribution in [3.05, 3.63) is 60.2 Å². The molecule has 1 aromatic carbocycles. The van der Waals surface area contributed by atoms with E-state index in [1.165, 1.54) is 4.90 Å². The van der Waals surface area contributed by atoms with Gasteiger partial charge >= 0.3 is 5.97 Å². The van der Waals surface area contributed by atoms with Gasteiger partial charge < -0.3 is 29.3 Å². The highest BCUT2D eigenvalue weighted by molar-refractivity contribution is 5.99. The molecule has 0 radical (unpaired) electrons. The van der Waals surface area contributed by atoms with E-state index in [1.54, 1.807) is 29.0 Å². The molecule has 3 amide bonds. The highest BCUT2D eigenvalue weighted by atomic mass is 16.6. The first-order valence-corrected chi connectivity index (χ1v) is 16.0. The Bertz CT molecular complexity index is 1370. The van der Waals surface area contributed by atoms with E-state index in [0.29, 0.717) is 6.42 Å². The molecule has 244 valence electrons. The van der Waals surface area contributed by atoms with Crippen molar-refractivity contribution in [3.63, 3.8) is 0 Å². The quantitative estimate of drug-likeness (QED) is 0.405. The zero-order chi connectivity index (χ0) is 32.8. The van der Waals surface area contributed by atoms with Crippen LogP contribution in [0.3, 0.4) is 0 Å². The van der Waals surface area contributed by atoms with Crippen LogP contribution in [0.15, 0.2) is 54.6 Å². The maximum Gasteiger partial charge on any atom is 0.313 e. The SMILES string of the molecule is CC(C)[C@H](CO)N1C(=O)[C@@H]2[C@H]3C(=O)O[C@@H](c4ccccc4)[C@H](C)N(C)C(=O)CC/C=C\CN(C(C)(C)C)C(=O)[C@@H]1[C@]21C=C[C@H]3O1. The smallest absolute Gasteiger partial charge is 0.313 e. The molecule has 0 aliphatic carbocycles. The molecule has 0 unspecified atom stereocenters. The molecule has 2 saturated heterocycles. The zero-order valence-corrected chi connectivity index (χ0v) is 27.4. The van der Waals surface area contributed by atoms with E-state index in [-0.39, 0.29) is 37.3 Å². The Balaban J connectivity index is 1.65. The fourth-order valence-electron chi connectivity index (χ4n) is 7.38. The fraction of sp³-hybridized carbons (Fsp3) is 0.600. The van der Waals surface area contributed by atoms with Crippen LogP contribution >= 0.6 is 0 Å². The second-order valence-electron chi connectivity index (χ2n) is 14.1. The number of likely N-dealkylation sites (tertiary alicyclic amines) is 1. The standard InChI is InChI=1S/C35H47N3O7/c1-21(2)24(20-39)38-30-32(42)37(34(4,5)6)19-13-9-12-16-26(40)36(7)22(3)29(23-14-10-8-11-15-23)44-33(43)27-25-17-18-35(30,45-25)28(27)31(38)41/h8-11,13-15,17-18,21-22,24-25,27-30,39H,12,16,19-20H2,1-7H3/b13-9-/t22-,24-,25+,27-,28-,29+,30+,35-/m0/s1. The third-order valence-electron chi connectivity index (χ3n) is 10.0. The number of esters is 1. The Labute approximate surface area is 266 Å². The van der Waals surface area contributed by atoms with Crippen molar-refractivity contribution in [1.29, 1.82) is 0 Å². The van der Waals surface area contributed by atoms with E-state index in [0.717, 1.165) is 5.56 Å². The lowest BCUT2D eigenvalue weighted by atomic mass is 9.74. The highest BCUT2D eigenvalue weighted by Gasteiger charge is 2.74. The predicted molar refractivity (Wildman–Crippen MR) is 167 cm³/mol. The summed E-state index contributed by atoms with van der Waals surface area (Å²) in [4.78, 5) is 61.6. The first-order chi connectivity index (χ1) is 21.2. The molecule has 1 N–H and O–H groups in total. The van der Waals surface area contributed by atoms with Gasteiger partial charge in [0, 0.05) is 25.6 Å². The molecule has 4 heterocycles. The van der Waals surface area contributed by atoms with Crippen LogP contribution in [0, 0.1) is 17.8 Å². The number of allylic oxidation sites excluding steroid dienone is 1. The number of benzene rings is 1. The second kappa shape index (κ2) is 12.4. The molecule has 0 saturated carbocycles. The third kappa shape index (κ3) is 5.60. The minimum atomic E-state index is -1.40. The van der Waals surface area contributed by atoms with Gasteiger partial charge in [-0.15, -0.1) is 0 Å². The molecule has 0 aromatic heterocycles. The van der Waals surface area contributed by atoms with Crippen molar-refractivity contribution >= 4 is 23.7 Å². The number of nitrogens with zero attached hydrogens (tertiary/aromatic N) is 3. The lowest BCUT2D eigenvalue weighted by Crippen LogP contribution is -2.62. The van der Waals surface area contributed by atoms with Crippen LogP contribution in [-0.2, 0) is 28.7 Å². The predicted octanol–water partition coefficient (Wildman–Crippen LogP) is 3.26. The zero-order valence-electron chi connectivity index (χ0n) is 27.4. The van der Waals surface area contributed by atoms with Crippen molar-refractivity contribution in [2.75, 3.05) is 20.2 Å². The van der Waals surface area contributed by atoms with E-state index in [1.807, 2.05) is 84.0 Å². The average molecular weight is 622 g/mol. The summed E-state index contributed by atoms with van der Waals surface area (Å²) in [6, 6.07) is 7.00. The van der Waals surface area contributed by atoms with Gasteiger partial charge in [0.1, 0.15) is 23.7 Å². The Kier molecular flexibility index (Phi) is 9.03. The molecule has 1 aromatic rings. The number of amides is 3. The van der Waals surface area contributed by atoms with Crippen molar-refractivity contribution < 1.29 is 33.8 Å². The Morgan fingerprint density at radius 1 is 1.04 bits per heavy atom. The van der Waals surface area contributed by atoms with Crippen molar-refractivity contribution in [2.45, 2.75) is 95.9 Å². The summed E-state index contributed by atoms with van der Waals surface area (Å²) in [6.07, 6.45) is 6.46. The average Bonchev–Trinajstić information content (AvgIpc) is 3.63. The first-order valence-electron chi connectivity index (χ1n) is 16.0. The van der Waals surface area contributed by atoms with Crippen LogP contribution in [0.25, 0.3) is 0 Å². The number of ether oxygens (including phenoxy) is 2. The summed E-state index contributed by atoms with van der Waals surface area (Å²) in [5.74, 6) is -3.64. The third-order valence-corrected chi connectivity index (χ3v) is 10.0. The molecule has 5 rings (SSSR count). The normalized spacial score (nSPS) is 34.0. The van der Waals surface area contributed by atoms with Gasteiger partial charge in [-0.3, -0.25) is 19.2 Å². The van der Waals surface area contributed by atoms with E-state index < -0.39 is 65.2 Å². The van der Waals surface area contributed by atoms with Crippen LogP contribution < -0.4 is 0 Å². The summed E-state index contributed by atoms with van der Waals surface area (Å²) in [6.45, 7) is 11.3. The van der Waals surface area contributed by atoms with Gasteiger partial charge in [0.05, 0.1) is 30.7 Å². The Morgan fingerprint density at radius 2 is 1.73 bits per heavy atom. The number of rotatable bonds is 4. The molecule has 10 nitrogen and oxygen atoms in total. The summed E-state index contributed by atoms with van der Waals surface area (Å²) in [5, 5.41) is 10.5. The van der Waals surface area contributed by atoms with E-state index >= 15 is 0 Å². The monoisotopic (exact) mass is 621 g/mol. The number of likely N-dealkylation sites (N-methyl/N-ethyl adjacent to an activating group) is 1. The summed E-state index contributed by atoms with van der Waals surface area (Å²) >= 11 is 0. The lowest BCUT2D eigenvalue weighted by Gasteiger charge is -2.43. The molecular weight excluding hydrogens is 574 g/mol. The number of aliphatic hydroxyl groups excluding tert-OH is 1. The molecule has 8 atom stereocenters. The van der Waals surface area contributed by atoms with Gasteiger partial charge in [0.25, 0.3) is 0 Å². The molecule has 10 heteroatoms. The Hall–Kier alpha value is -3.50. The van der Waals surface area contributed by atoms with Gasteiger partial charge in [0.15, 0.2) is 0 Å². The summed E-state index contributed by atoms with van der Waals surface area (Å²) in [5.41, 5.74) is -1.31. The number of hydrogen-bond acceptors (Lipinski definition) is 7. The molecular formula is C35H47N3O7. The molecule has 4 aliphatic heterocycles. The molecule has 1 spiro atoms. The first kappa shape index (κ1) is 32.9. The molecule has 2 fully saturated rings. The number of carbonyl (C=O) groups excluding carboxylic acids is 4. The van der Waals surface area contributed by atoms with Gasteiger partial charge in [-0.25, -0.2) is 0 Å². The number of fused-ring (bicyclic) bond motifs is 2. The van der Waals surface area contributed by atoms with Crippen molar-refractivity contribution in [3.8, 4) is 0 Å². The molecule has 4 aliphatic rings. The van der Waals surface area contributed by atoms with Gasteiger partial charge in [-0.05, 0) is 45.6 Å². The largest absolute Gasteiger partial charge is 0.455 e. The minimum Gasteiger partial charge on any atom is -0.455 e. The van der Waals surface area contributed by atoms with Gasteiger partial charge in [-0.2, -0.15) is 0 Å². The van der Waals surface area contributed by atoms with E-state index in [2.05, 4.69) is 0 Å². The fourth-order valence-corrected chi connectivity index (χ4v) is 7.38. The van der Waals surface area contributed by atoms with Crippen molar-refractivity contribution in [2.24, 2.45) is 17.8 Å². The number of cyclic esters (lactones) is 1. The van der Waals surface area contributed by atoms with E-state index in [4.69, 9.17) is 9.47 Å². The van der Waals surface area contributed by atoms with Crippen LogP contribution in [0.1, 0.15) is 66.1 Å². The Morgan fingerprint density at radius 3 is 2.36 bits per heavy atom. The van der Waals surface area contributed by atoms with Crippen LogP contribution in [0.5, 0.6) is 0 Å². The second-order valence-corrected chi connectivity index (χ2v) is 14.1. The van der Waals surface area contributed by atoms with E-state index in [9.17, 15) is 24.3 Å². The molecule has 5 bridgehead atoms.